The van der Waals surface area contributed by atoms with E-state index in [1.165, 1.54) is 17.5 Å². The van der Waals surface area contributed by atoms with Crippen molar-refractivity contribution in [3.63, 3.8) is 0 Å². The molecule has 0 unspecified atom stereocenters. The number of anilines is 1. The minimum atomic E-state index is -4.25. The van der Waals surface area contributed by atoms with E-state index in [4.69, 9.17) is 0 Å². The Bertz CT molecular complexity index is 1810. The number of Topliss-reactive ketones (excluding diaryl/α,β-unsaturated/α-hetero) is 1. The summed E-state index contributed by atoms with van der Waals surface area (Å²) in [5.41, 5.74) is 4.57. The Hall–Kier alpha value is -3.53. The van der Waals surface area contributed by atoms with Crippen molar-refractivity contribution in [1.29, 1.82) is 5.26 Å². The Labute approximate surface area is 263 Å². The number of nitriles is 1. The first kappa shape index (κ1) is 30.1. The number of nitrogens with zero attached hydrogens (tertiary/aromatic N) is 5. The highest BCUT2D eigenvalue weighted by Gasteiger charge is 2.67. The zero-order valence-electron chi connectivity index (χ0n) is 25.4. The minimum Gasteiger partial charge on any atom is -0.367 e. The third kappa shape index (κ3) is 5.82. The van der Waals surface area contributed by atoms with Crippen LogP contribution in [0.15, 0.2) is 30.6 Å². The average Bonchev–Trinajstić information content (AvgIpc) is 3.52. The summed E-state index contributed by atoms with van der Waals surface area (Å²) in [6.07, 6.45) is 1.14. The van der Waals surface area contributed by atoms with Crippen LogP contribution in [0.1, 0.15) is 60.7 Å². The number of carbonyl (C=O) groups excluding carboxylic acids is 1. The summed E-state index contributed by atoms with van der Waals surface area (Å²) in [6.45, 7) is 7.61. The van der Waals surface area contributed by atoms with E-state index in [-0.39, 0.29) is 27.7 Å². The molecule has 0 radical (unpaired) electrons. The molecule has 2 bridgehead atoms. The molecule has 0 spiro atoms. The molecule has 1 aliphatic heterocycles. The summed E-state index contributed by atoms with van der Waals surface area (Å²) in [5.74, 6) is 0.763. The molecule has 45 heavy (non-hydrogen) atoms. The first-order valence-electron chi connectivity index (χ1n) is 15.5. The van der Waals surface area contributed by atoms with Crippen molar-refractivity contribution in [2.24, 2.45) is 5.41 Å². The standard InChI is InChI=1S/C33H36F3N7OS/c1-20(44)13-40-32-15-31(16-32,17-32)18-43-24(12-37)9-26-21(2)22(3-4-28(26)43)14-42-7-5-23(6-8-42)41-29-27-10-25(11-33(34,35)36)45-30(27)39-19-38-29/h3-4,9-10,19,23,40H,5-8,11,13-18H2,1-2H3,(H,38,39,41). The van der Waals surface area contributed by atoms with Crippen molar-refractivity contribution in [2.75, 3.05) is 25.0 Å². The van der Waals surface area contributed by atoms with Gasteiger partial charge in [-0.1, -0.05) is 6.07 Å². The second-order valence-electron chi connectivity index (χ2n) is 13.5. The highest BCUT2D eigenvalue weighted by atomic mass is 32.1. The summed E-state index contributed by atoms with van der Waals surface area (Å²) >= 11 is 1.07. The van der Waals surface area contributed by atoms with E-state index >= 15 is 0 Å². The summed E-state index contributed by atoms with van der Waals surface area (Å²) in [5, 5.41) is 18.7. The predicted molar refractivity (Wildman–Crippen MR) is 168 cm³/mol. The van der Waals surface area contributed by atoms with Crippen LogP contribution >= 0.6 is 11.3 Å². The lowest BCUT2D eigenvalue weighted by molar-refractivity contribution is -0.164. The van der Waals surface area contributed by atoms with Crippen LogP contribution in [-0.2, 0) is 24.3 Å². The van der Waals surface area contributed by atoms with Gasteiger partial charge in [-0.15, -0.1) is 11.3 Å². The van der Waals surface area contributed by atoms with Gasteiger partial charge in [0.1, 0.15) is 34.5 Å². The number of fused-ring (bicyclic) bond motifs is 2. The summed E-state index contributed by atoms with van der Waals surface area (Å²) in [4.78, 5) is 23.2. The summed E-state index contributed by atoms with van der Waals surface area (Å²) < 4.78 is 41.0. The molecule has 4 fully saturated rings. The number of alkyl halides is 3. The van der Waals surface area contributed by atoms with Gasteiger partial charge in [0.05, 0.1) is 18.4 Å². The lowest BCUT2D eigenvalue weighted by atomic mass is 9.39. The molecule has 3 aromatic heterocycles. The third-order valence-electron chi connectivity index (χ3n) is 10.0. The third-order valence-corrected chi connectivity index (χ3v) is 11.0. The molecule has 4 aromatic rings. The molecule has 1 aromatic carbocycles. The number of benzene rings is 1. The number of thiophene rings is 1. The van der Waals surface area contributed by atoms with Gasteiger partial charge in [0.15, 0.2) is 0 Å². The van der Waals surface area contributed by atoms with Crippen LogP contribution in [0, 0.1) is 23.7 Å². The van der Waals surface area contributed by atoms with Crippen LogP contribution in [0.5, 0.6) is 0 Å². The van der Waals surface area contributed by atoms with E-state index in [2.05, 4.69) is 55.2 Å². The fraction of sp³-hybridized carbons (Fsp3) is 0.515. The smallest absolute Gasteiger partial charge is 0.367 e. The zero-order valence-corrected chi connectivity index (χ0v) is 26.2. The normalized spacial score (nSPS) is 23.6. The van der Waals surface area contributed by atoms with Crippen LogP contribution in [0.4, 0.5) is 19.0 Å². The summed E-state index contributed by atoms with van der Waals surface area (Å²) in [7, 11) is 0. The van der Waals surface area contributed by atoms with E-state index in [0.29, 0.717) is 28.3 Å². The molecule has 3 saturated carbocycles. The van der Waals surface area contributed by atoms with Crippen LogP contribution < -0.4 is 10.6 Å². The van der Waals surface area contributed by atoms with Gasteiger partial charge in [-0.25, -0.2) is 9.97 Å². The van der Waals surface area contributed by atoms with Gasteiger partial charge >= 0.3 is 6.18 Å². The van der Waals surface area contributed by atoms with Crippen molar-refractivity contribution in [3.05, 3.63) is 52.3 Å². The molecule has 4 heterocycles. The zero-order chi connectivity index (χ0) is 31.6. The first-order chi connectivity index (χ1) is 21.4. The Morgan fingerprint density at radius 2 is 1.91 bits per heavy atom. The van der Waals surface area contributed by atoms with E-state index in [0.717, 1.165) is 80.5 Å². The molecule has 0 amide bonds. The Morgan fingerprint density at radius 1 is 1.16 bits per heavy atom. The van der Waals surface area contributed by atoms with Crippen LogP contribution in [0.3, 0.4) is 0 Å². The number of aryl methyl sites for hydroxylation is 1. The predicted octanol–water partition coefficient (Wildman–Crippen LogP) is 6.11. The highest BCUT2D eigenvalue weighted by Crippen LogP contribution is 2.68. The van der Waals surface area contributed by atoms with Gasteiger partial charge < -0.3 is 15.2 Å². The minimum absolute atomic E-state index is 0.110. The van der Waals surface area contributed by atoms with Gasteiger partial charge in [-0.05, 0) is 80.7 Å². The van der Waals surface area contributed by atoms with Crippen LogP contribution in [0.25, 0.3) is 21.1 Å². The van der Waals surface area contributed by atoms with E-state index in [1.807, 2.05) is 6.07 Å². The molecule has 8 rings (SSSR count). The van der Waals surface area contributed by atoms with Crippen molar-refractivity contribution in [1.82, 2.24) is 24.8 Å². The molecule has 236 valence electrons. The van der Waals surface area contributed by atoms with Crippen molar-refractivity contribution in [2.45, 2.75) is 83.2 Å². The monoisotopic (exact) mass is 635 g/mol. The molecule has 4 aliphatic rings. The van der Waals surface area contributed by atoms with Gasteiger partial charge in [0, 0.05) is 53.5 Å². The number of carbonyl (C=O) groups is 1. The topological polar surface area (TPSA) is 98.9 Å². The van der Waals surface area contributed by atoms with E-state index < -0.39 is 12.6 Å². The second kappa shape index (κ2) is 11.1. The lowest BCUT2D eigenvalue weighted by Crippen LogP contribution is -2.75. The summed E-state index contributed by atoms with van der Waals surface area (Å²) in [6, 6.07) is 10.6. The second-order valence-corrected chi connectivity index (χ2v) is 14.6. The van der Waals surface area contributed by atoms with E-state index in [1.54, 1.807) is 13.0 Å². The van der Waals surface area contributed by atoms with Gasteiger partial charge in [-0.2, -0.15) is 18.4 Å². The van der Waals surface area contributed by atoms with Gasteiger partial charge in [0.25, 0.3) is 0 Å². The number of ketones is 1. The van der Waals surface area contributed by atoms with Crippen LogP contribution in [-0.4, -0.2) is 62.6 Å². The highest BCUT2D eigenvalue weighted by molar-refractivity contribution is 7.18. The molecule has 8 nitrogen and oxygen atoms in total. The maximum absolute atomic E-state index is 12.9. The van der Waals surface area contributed by atoms with Crippen molar-refractivity contribution in [3.8, 4) is 6.07 Å². The number of rotatable bonds is 10. The molecular weight excluding hydrogens is 599 g/mol. The number of likely N-dealkylation sites (tertiary alicyclic amines) is 1. The Balaban J connectivity index is 0.984. The lowest BCUT2D eigenvalue weighted by Gasteiger charge is -2.71. The van der Waals surface area contributed by atoms with Crippen LogP contribution in [0.2, 0.25) is 0 Å². The number of aromatic nitrogens is 3. The van der Waals surface area contributed by atoms with Gasteiger partial charge in [-0.3, -0.25) is 9.69 Å². The first-order valence-corrected chi connectivity index (χ1v) is 16.3. The fourth-order valence-electron chi connectivity index (χ4n) is 7.93. The quantitative estimate of drug-likeness (QED) is 0.217. The number of nitrogens with one attached hydrogen (secondary N) is 2. The number of hydrogen-bond donors (Lipinski definition) is 2. The average molecular weight is 636 g/mol. The Kier molecular flexibility index (Phi) is 7.41. The van der Waals surface area contributed by atoms with Crippen molar-refractivity contribution < 1.29 is 18.0 Å². The number of hydrogen-bond acceptors (Lipinski definition) is 8. The maximum atomic E-state index is 12.9. The molecule has 0 atom stereocenters. The van der Waals surface area contributed by atoms with Gasteiger partial charge in [0.2, 0.25) is 0 Å². The largest absolute Gasteiger partial charge is 0.393 e. The molecule has 3 aliphatic carbocycles. The Morgan fingerprint density at radius 3 is 2.60 bits per heavy atom. The molecule has 12 heteroatoms. The van der Waals surface area contributed by atoms with Crippen molar-refractivity contribution >= 4 is 44.1 Å². The maximum Gasteiger partial charge on any atom is 0.393 e. The molecule has 1 saturated heterocycles. The molecular formula is C33H36F3N7OS. The fourth-order valence-corrected chi connectivity index (χ4v) is 8.96. The van der Waals surface area contributed by atoms with E-state index in [9.17, 15) is 23.2 Å². The number of piperidine rings is 1. The SMILES string of the molecule is CC(=O)CNC12CC(Cn3c(C#N)cc4c(C)c(CN5CCC(Nc6ncnc7sc(CC(F)(F)F)cc67)CC5)ccc43)(C1)C2. The number of halogens is 3. The molecule has 2 N–H and O–H groups in total.